The van der Waals surface area contributed by atoms with E-state index in [2.05, 4.69) is 45.0 Å². The van der Waals surface area contributed by atoms with Gasteiger partial charge in [0.15, 0.2) is 0 Å². The lowest BCUT2D eigenvalue weighted by molar-refractivity contribution is 0.122. The molecule has 1 fully saturated rings. The summed E-state index contributed by atoms with van der Waals surface area (Å²) in [5.41, 5.74) is 0. The fourth-order valence-corrected chi connectivity index (χ4v) is 3.14. The normalized spacial score (nSPS) is 29.1. The fourth-order valence-electron chi connectivity index (χ4n) is 3.14. The minimum Gasteiger partial charge on any atom is -0.314 e. The minimum absolute atomic E-state index is 0.736. The molecule has 0 radical (unpaired) electrons. The fraction of sp³-hybridized carbons (Fsp3) is 1.00. The van der Waals surface area contributed by atoms with Gasteiger partial charge in [-0.25, -0.2) is 0 Å². The zero-order chi connectivity index (χ0) is 14.3. The Labute approximate surface area is 121 Å². The van der Waals surface area contributed by atoms with Gasteiger partial charge in [0.05, 0.1) is 0 Å². The minimum atomic E-state index is 0.736. The Kier molecular flexibility index (Phi) is 8.01. The Morgan fingerprint density at radius 1 is 1.11 bits per heavy atom. The van der Waals surface area contributed by atoms with Gasteiger partial charge >= 0.3 is 0 Å². The quantitative estimate of drug-likeness (QED) is 0.671. The van der Waals surface area contributed by atoms with Crippen molar-refractivity contribution < 1.29 is 0 Å². The highest BCUT2D eigenvalue weighted by Gasteiger charge is 2.27. The molecule has 1 aliphatic heterocycles. The second-order valence-corrected chi connectivity index (χ2v) is 7.16. The van der Waals surface area contributed by atoms with E-state index in [1.54, 1.807) is 0 Å². The number of rotatable bonds is 8. The maximum absolute atomic E-state index is 3.80. The summed E-state index contributed by atoms with van der Waals surface area (Å²) in [6.07, 6.45) is 8.29. The molecule has 0 bridgehead atoms. The van der Waals surface area contributed by atoms with Gasteiger partial charge in [-0.15, -0.1) is 0 Å². The summed E-state index contributed by atoms with van der Waals surface area (Å²) in [7, 11) is 2.26. The van der Waals surface area contributed by atoms with Crippen molar-refractivity contribution in [2.24, 2.45) is 11.8 Å². The third-order valence-electron chi connectivity index (χ3n) is 4.73. The highest BCUT2D eigenvalue weighted by molar-refractivity contribution is 4.85. The van der Waals surface area contributed by atoms with Gasteiger partial charge in [0.2, 0.25) is 0 Å². The van der Waals surface area contributed by atoms with Crippen LogP contribution in [0, 0.1) is 11.8 Å². The molecule has 0 aromatic heterocycles. The van der Waals surface area contributed by atoms with Crippen molar-refractivity contribution >= 4 is 0 Å². The van der Waals surface area contributed by atoms with Gasteiger partial charge < -0.3 is 10.2 Å². The summed E-state index contributed by atoms with van der Waals surface area (Å²) in [5.74, 6) is 1.67. The third-order valence-corrected chi connectivity index (χ3v) is 4.73. The van der Waals surface area contributed by atoms with E-state index in [4.69, 9.17) is 0 Å². The second-order valence-electron chi connectivity index (χ2n) is 7.16. The molecule has 0 aromatic carbocycles. The Morgan fingerprint density at radius 3 is 2.47 bits per heavy atom. The molecule has 1 aliphatic rings. The molecule has 1 N–H and O–H groups in total. The van der Waals surface area contributed by atoms with Crippen molar-refractivity contribution in [3.8, 4) is 0 Å². The highest BCUT2D eigenvalue weighted by atomic mass is 15.2. The first-order valence-corrected chi connectivity index (χ1v) is 8.44. The third kappa shape index (κ3) is 6.76. The largest absolute Gasteiger partial charge is 0.314 e. The van der Waals surface area contributed by atoms with Crippen LogP contribution in [-0.4, -0.2) is 37.1 Å². The smallest absolute Gasteiger partial charge is 0.0120 e. The molecule has 1 saturated heterocycles. The van der Waals surface area contributed by atoms with Crippen LogP contribution in [0.25, 0.3) is 0 Å². The van der Waals surface area contributed by atoms with Gasteiger partial charge in [-0.2, -0.15) is 0 Å². The first kappa shape index (κ1) is 17.0. The average Bonchev–Trinajstić information content (AvgIpc) is 2.33. The SMILES string of the molecule is CC(C)CCCCCCNC1CC(C)N(C)CC1C. The zero-order valence-electron chi connectivity index (χ0n) is 13.9. The number of piperidine rings is 1. The maximum Gasteiger partial charge on any atom is 0.0120 e. The van der Waals surface area contributed by atoms with Gasteiger partial charge in [0, 0.05) is 18.6 Å². The Hall–Kier alpha value is -0.0800. The molecular formula is C17H36N2. The van der Waals surface area contributed by atoms with Crippen LogP contribution in [0.3, 0.4) is 0 Å². The van der Waals surface area contributed by atoms with Crippen LogP contribution in [0.1, 0.15) is 66.2 Å². The van der Waals surface area contributed by atoms with Gasteiger partial charge in [-0.05, 0) is 45.2 Å². The number of likely N-dealkylation sites (tertiary alicyclic amines) is 1. The number of hydrogen-bond donors (Lipinski definition) is 1. The number of nitrogens with one attached hydrogen (secondary N) is 1. The molecule has 2 nitrogen and oxygen atoms in total. The van der Waals surface area contributed by atoms with E-state index in [1.807, 2.05) is 0 Å². The predicted molar refractivity (Wildman–Crippen MR) is 85.6 cm³/mol. The van der Waals surface area contributed by atoms with Gasteiger partial charge in [-0.3, -0.25) is 0 Å². The van der Waals surface area contributed by atoms with Crippen molar-refractivity contribution in [3.05, 3.63) is 0 Å². The second kappa shape index (κ2) is 8.97. The molecule has 3 atom stereocenters. The Morgan fingerprint density at radius 2 is 1.79 bits per heavy atom. The molecule has 0 amide bonds. The summed E-state index contributed by atoms with van der Waals surface area (Å²) in [5, 5.41) is 3.80. The van der Waals surface area contributed by atoms with E-state index < -0.39 is 0 Å². The molecule has 114 valence electrons. The highest BCUT2D eigenvalue weighted by Crippen LogP contribution is 2.20. The topological polar surface area (TPSA) is 15.3 Å². The van der Waals surface area contributed by atoms with E-state index in [1.165, 1.54) is 51.6 Å². The standard InChI is InChI=1S/C17H36N2/c1-14(2)10-8-6-7-9-11-18-17-12-16(4)19(5)13-15(17)3/h14-18H,6-13H2,1-5H3. The van der Waals surface area contributed by atoms with Crippen molar-refractivity contribution in [2.45, 2.75) is 78.3 Å². The number of nitrogens with zero attached hydrogens (tertiary/aromatic N) is 1. The first-order chi connectivity index (χ1) is 9.00. The van der Waals surface area contributed by atoms with E-state index in [-0.39, 0.29) is 0 Å². The summed E-state index contributed by atoms with van der Waals surface area (Å²) < 4.78 is 0. The lowest BCUT2D eigenvalue weighted by atomic mass is 9.90. The number of unbranched alkanes of at least 4 members (excludes halogenated alkanes) is 3. The molecule has 0 spiro atoms. The molecular weight excluding hydrogens is 232 g/mol. The monoisotopic (exact) mass is 268 g/mol. The molecule has 0 aliphatic carbocycles. The molecule has 0 aromatic rings. The lowest BCUT2D eigenvalue weighted by Gasteiger charge is -2.40. The first-order valence-electron chi connectivity index (χ1n) is 8.44. The van der Waals surface area contributed by atoms with Crippen LogP contribution in [-0.2, 0) is 0 Å². The van der Waals surface area contributed by atoms with Crippen LogP contribution in [0.2, 0.25) is 0 Å². The summed E-state index contributed by atoms with van der Waals surface area (Å²) in [4.78, 5) is 2.49. The number of hydrogen-bond acceptors (Lipinski definition) is 2. The van der Waals surface area contributed by atoms with E-state index in [0.717, 1.165) is 23.9 Å². The molecule has 19 heavy (non-hydrogen) atoms. The van der Waals surface area contributed by atoms with Crippen molar-refractivity contribution in [1.29, 1.82) is 0 Å². The zero-order valence-corrected chi connectivity index (χ0v) is 13.9. The predicted octanol–water partition coefficient (Wildman–Crippen LogP) is 3.91. The lowest BCUT2D eigenvalue weighted by Crippen LogP contribution is -2.51. The van der Waals surface area contributed by atoms with Gasteiger partial charge in [0.25, 0.3) is 0 Å². The maximum atomic E-state index is 3.80. The Balaban J connectivity index is 2.03. The summed E-state index contributed by atoms with van der Waals surface area (Å²) in [6.45, 7) is 11.9. The van der Waals surface area contributed by atoms with E-state index in [0.29, 0.717) is 0 Å². The van der Waals surface area contributed by atoms with Gasteiger partial charge in [-0.1, -0.05) is 46.5 Å². The van der Waals surface area contributed by atoms with Crippen LogP contribution in [0.4, 0.5) is 0 Å². The van der Waals surface area contributed by atoms with Crippen molar-refractivity contribution in [1.82, 2.24) is 10.2 Å². The van der Waals surface area contributed by atoms with Crippen LogP contribution in [0.5, 0.6) is 0 Å². The van der Waals surface area contributed by atoms with Crippen LogP contribution >= 0.6 is 0 Å². The van der Waals surface area contributed by atoms with Gasteiger partial charge in [0.1, 0.15) is 0 Å². The summed E-state index contributed by atoms with van der Waals surface area (Å²) in [6, 6.07) is 1.47. The molecule has 1 heterocycles. The van der Waals surface area contributed by atoms with E-state index >= 15 is 0 Å². The molecule has 0 saturated carbocycles. The molecule has 3 unspecified atom stereocenters. The van der Waals surface area contributed by atoms with Crippen LogP contribution < -0.4 is 5.32 Å². The van der Waals surface area contributed by atoms with Crippen molar-refractivity contribution in [2.75, 3.05) is 20.1 Å². The average molecular weight is 268 g/mol. The van der Waals surface area contributed by atoms with E-state index in [9.17, 15) is 0 Å². The van der Waals surface area contributed by atoms with Crippen LogP contribution in [0.15, 0.2) is 0 Å². The summed E-state index contributed by atoms with van der Waals surface area (Å²) >= 11 is 0. The van der Waals surface area contributed by atoms with Crippen molar-refractivity contribution in [3.63, 3.8) is 0 Å². The Bertz CT molecular complexity index is 227. The molecule has 1 rings (SSSR count). The molecule has 2 heteroatoms.